The van der Waals surface area contributed by atoms with Gasteiger partial charge in [0.15, 0.2) is 0 Å². The lowest BCUT2D eigenvalue weighted by atomic mass is 10.3. The molecule has 1 aromatic rings. The highest BCUT2D eigenvalue weighted by molar-refractivity contribution is 7.99. The molecule has 0 saturated heterocycles. The largest absolute Gasteiger partial charge is 0.480 e. The molecule has 1 aromatic heterocycles. The lowest BCUT2D eigenvalue weighted by Gasteiger charge is -2.11. The summed E-state index contributed by atoms with van der Waals surface area (Å²) in [6.45, 7) is 2.11. The molecule has 0 aromatic carbocycles. The van der Waals surface area contributed by atoms with Crippen LogP contribution in [0.3, 0.4) is 0 Å². The zero-order chi connectivity index (χ0) is 11.1. The minimum atomic E-state index is -0.606. The van der Waals surface area contributed by atoms with Crippen LogP contribution in [0.5, 0.6) is 5.88 Å². The first-order valence-corrected chi connectivity index (χ1v) is 6.05. The standard InChI is InChI=1S/C10H16N2O2S/c1-3-6-15-7-8(13)9-10(14-2)12-5-4-11-9/h4-5,8,13H,3,6-7H2,1-2H3. The van der Waals surface area contributed by atoms with E-state index in [1.807, 2.05) is 0 Å². The summed E-state index contributed by atoms with van der Waals surface area (Å²) >= 11 is 1.70. The van der Waals surface area contributed by atoms with Crippen molar-refractivity contribution in [1.29, 1.82) is 0 Å². The van der Waals surface area contributed by atoms with Gasteiger partial charge in [0.1, 0.15) is 11.8 Å². The molecule has 84 valence electrons. The van der Waals surface area contributed by atoms with Crippen LogP contribution in [0.15, 0.2) is 12.4 Å². The van der Waals surface area contributed by atoms with Crippen molar-refractivity contribution in [3.63, 3.8) is 0 Å². The number of ether oxygens (including phenoxy) is 1. The van der Waals surface area contributed by atoms with Crippen LogP contribution >= 0.6 is 11.8 Å². The van der Waals surface area contributed by atoms with E-state index in [0.29, 0.717) is 17.3 Å². The Bertz CT molecular complexity index is 297. The molecular formula is C10H16N2O2S. The average molecular weight is 228 g/mol. The van der Waals surface area contributed by atoms with E-state index in [1.54, 1.807) is 24.2 Å². The number of nitrogens with zero attached hydrogens (tertiary/aromatic N) is 2. The fourth-order valence-corrected chi connectivity index (χ4v) is 1.98. The topological polar surface area (TPSA) is 55.2 Å². The molecule has 0 radical (unpaired) electrons. The van der Waals surface area contributed by atoms with E-state index in [2.05, 4.69) is 16.9 Å². The number of thioether (sulfide) groups is 1. The third-order valence-electron chi connectivity index (χ3n) is 1.82. The molecule has 1 unspecified atom stereocenters. The molecule has 0 aliphatic rings. The molecule has 0 fully saturated rings. The molecular weight excluding hydrogens is 212 g/mol. The third kappa shape index (κ3) is 3.68. The van der Waals surface area contributed by atoms with Crippen LogP contribution < -0.4 is 4.74 Å². The van der Waals surface area contributed by atoms with Crippen molar-refractivity contribution in [2.24, 2.45) is 0 Å². The first-order valence-electron chi connectivity index (χ1n) is 4.90. The zero-order valence-electron chi connectivity index (χ0n) is 9.01. The molecule has 0 amide bonds. The second kappa shape index (κ2) is 6.63. The summed E-state index contributed by atoms with van der Waals surface area (Å²) in [6, 6.07) is 0. The fraction of sp³-hybridized carbons (Fsp3) is 0.600. The Morgan fingerprint density at radius 2 is 2.20 bits per heavy atom. The van der Waals surface area contributed by atoms with E-state index in [1.165, 1.54) is 7.11 Å². The highest BCUT2D eigenvalue weighted by atomic mass is 32.2. The second-order valence-electron chi connectivity index (χ2n) is 3.04. The molecule has 0 aliphatic heterocycles. The van der Waals surface area contributed by atoms with Crippen molar-refractivity contribution in [3.05, 3.63) is 18.1 Å². The molecule has 4 nitrogen and oxygen atoms in total. The average Bonchev–Trinajstić information content (AvgIpc) is 2.29. The van der Waals surface area contributed by atoms with Crippen LogP contribution in [0.4, 0.5) is 0 Å². The minimum absolute atomic E-state index is 0.405. The van der Waals surface area contributed by atoms with Gasteiger partial charge >= 0.3 is 0 Å². The van der Waals surface area contributed by atoms with Crippen molar-refractivity contribution in [2.75, 3.05) is 18.6 Å². The minimum Gasteiger partial charge on any atom is -0.480 e. The summed E-state index contributed by atoms with van der Waals surface area (Å²) in [7, 11) is 1.53. The monoisotopic (exact) mass is 228 g/mol. The lowest BCUT2D eigenvalue weighted by molar-refractivity contribution is 0.192. The molecule has 1 N–H and O–H groups in total. The van der Waals surface area contributed by atoms with Crippen molar-refractivity contribution in [3.8, 4) is 5.88 Å². The van der Waals surface area contributed by atoms with Crippen molar-refractivity contribution in [2.45, 2.75) is 19.4 Å². The Hall–Kier alpha value is -0.810. The number of aliphatic hydroxyl groups is 1. The molecule has 0 spiro atoms. The van der Waals surface area contributed by atoms with E-state index >= 15 is 0 Å². The van der Waals surface area contributed by atoms with Gasteiger partial charge in [-0.25, -0.2) is 4.98 Å². The molecule has 1 atom stereocenters. The Balaban J connectivity index is 2.59. The molecule has 1 rings (SSSR count). The third-order valence-corrected chi connectivity index (χ3v) is 3.07. The van der Waals surface area contributed by atoms with Crippen LogP contribution in [-0.2, 0) is 0 Å². The van der Waals surface area contributed by atoms with E-state index < -0.39 is 6.10 Å². The molecule has 1 heterocycles. The predicted octanol–water partition coefficient (Wildman–Crippen LogP) is 1.66. The first kappa shape index (κ1) is 12.3. The number of hydrogen-bond acceptors (Lipinski definition) is 5. The van der Waals surface area contributed by atoms with Gasteiger partial charge in [-0.15, -0.1) is 0 Å². The second-order valence-corrected chi connectivity index (χ2v) is 4.19. The Morgan fingerprint density at radius 3 is 2.87 bits per heavy atom. The number of hydrogen-bond donors (Lipinski definition) is 1. The van der Waals surface area contributed by atoms with Crippen molar-refractivity contribution >= 4 is 11.8 Å². The summed E-state index contributed by atoms with van der Waals surface area (Å²) in [4.78, 5) is 8.07. The summed E-state index contributed by atoms with van der Waals surface area (Å²) in [5, 5.41) is 9.86. The van der Waals surface area contributed by atoms with E-state index in [9.17, 15) is 5.11 Å². The predicted molar refractivity (Wildman–Crippen MR) is 61.2 cm³/mol. The quantitative estimate of drug-likeness (QED) is 0.750. The Kier molecular flexibility index (Phi) is 5.42. The summed E-state index contributed by atoms with van der Waals surface area (Å²) in [6.07, 6.45) is 3.61. The molecule has 0 aliphatic carbocycles. The number of aliphatic hydroxyl groups excluding tert-OH is 1. The van der Waals surface area contributed by atoms with Gasteiger partial charge < -0.3 is 9.84 Å². The summed E-state index contributed by atoms with van der Waals surface area (Å²) < 4.78 is 5.03. The number of methoxy groups -OCH3 is 1. The molecule has 5 heteroatoms. The molecule has 0 bridgehead atoms. The maximum absolute atomic E-state index is 9.86. The lowest BCUT2D eigenvalue weighted by Crippen LogP contribution is -2.07. The smallest absolute Gasteiger partial charge is 0.238 e. The Morgan fingerprint density at radius 1 is 1.47 bits per heavy atom. The van der Waals surface area contributed by atoms with Crippen molar-refractivity contribution < 1.29 is 9.84 Å². The molecule has 0 saturated carbocycles. The van der Waals surface area contributed by atoms with Gasteiger partial charge in [0.25, 0.3) is 0 Å². The fourth-order valence-electron chi connectivity index (χ4n) is 1.14. The van der Waals surface area contributed by atoms with E-state index in [4.69, 9.17) is 4.74 Å². The van der Waals surface area contributed by atoms with Crippen LogP contribution in [0.2, 0.25) is 0 Å². The number of aromatic nitrogens is 2. The zero-order valence-corrected chi connectivity index (χ0v) is 9.83. The van der Waals surface area contributed by atoms with E-state index in [-0.39, 0.29) is 0 Å². The highest BCUT2D eigenvalue weighted by Crippen LogP contribution is 2.22. The van der Waals surface area contributed by atoms with Gasteiger partial charge in [0, 0.05) is 18.1 Å². The number of rotatable bonds is 6. The van der Waals surface area contributed by atoms with Crippen LogP contribution in [0.25, 0.3) is 0 Å². The van der Waals surface area contributed by atoms with Gasteiger partial charge in [0.05, 0.1) is 7.11 Å². The maximum atomic E-state index is 9.86. The van der Waals surface area contributed by atoms with Gasteiger partial charge in [0.2, 0.25) is 5.88 Å². The maximum Gasteiger partial charge on any atom is 0.238 e. The summed E-state index contributed by atoms with van der Waals surface area (Å²) in [5.41, 5.74) is 0.517. The van der Waals surface area contributed by atoms with Crippen LogP contribution in [0.1, 0.15) is 25.1 Å². The van der Waals surface area contributed by atoms with Gasteiger partial charge in [-0.3, -0.25) is 4.98 Å². The SMILES string of the molecule is CCCSCC(O)c1nccnc1OC. The highest BCUT2D eigenvalue weighted by Gasteiger charge is 2.15. The van der Waals surface area contributed by atoms with Gasteiger partial charge in [-0.1, -0.05) is 6.92 Å². The summed E-state index contributed by atoms with van der Waals surface area (Å²) in [5.74, 6) is 2.07. The van der Waals surface area contributed by atoms with Gasteiger partial charge in [-0.2, -0.15) is 11.8 Å². The van der Waals surface area contributed by atoms with Crippen LogP contribution in [0, 0.1) is 0 Å². The van der Waals surface area contributed by atoms with Gasteiger partial charge in [-0.05, 0) is 12.2 Å². The van der Waals surface area contributed by atoms with Crippen LogP contribution in [-0.4, -0.2) is 33.7 Å². The first-order chi connectivity index (χ1) is 7.29. The normalized spacial score (nSPS) is 12.5. The molecule has 15 heavy (non-hydrogen) atoms. The van der Waals surface area contributed by atoms with E-state index in [0.717, 1.165) is 12.2 Å². The Labute approximate surface area is 94.1 Å². The van der Waals surface area contributed by atoms with Crippen molar-refractivity contribution in [1.82, 2.24) is 9.97 Å².